The summed E-state index contributed by atoms with van der Waals surface area (Å²) in [6.45, 7) is 3.09. The highest BCUT2D eigenvalue weighted by atomic mass is 32.2. The van der Waals surface area contributed by atoms with E-state index < -0.39 is 10.0 Å². The van der Waals surface area contributed by atoms with Crippen LogP contribution in [-0.4, -0.2) is 30.0 Å². The largest absolute Gasteiger partial charge is 0.358 e. The van der Waals surface area contributed by atoms with E-state index in [1.54, 1.807) is 4.31 Å². The number of benzene rings is 2. The zero-order chi connectivity index (χ0) is 17.4. The lowest BCUT2D eigenvalue weighted by atomic mass is 10.1. The topological polar surface area (TPSA) is 53.2 Å². The molecule has 0 spiro atoms. The summed E-state index contributed by atoms with van der Waals surface area (Å²) in [7, 11) is -3.26. The maximum Gasteiger partial charge on any atom is 0.214 e. The molecule has 0 saturated heterocycles. The number of H-pyrrole nitrogens is 1. The minimum atomic E-state index is -3.26. The molecule has 0 saturated carbocycles. The van der Waals surface area contributed by atoms with E-state index in [4.69, 9.17) is 0 Å². The number of nitrogens with zero attached hydrogens (tertiary/aromatic N) is 1. The van der Waals surface area contributed by atoms with E-state index in [2.05, 4.69) is 30.1 Å². The van der Waals surface area contributed by atoms with Gasteiger partial charge in [0.25, 0.3) is 0 Å². The van der Waals surface area contributed by atoms with Crippen molar-refractivity contribution in [2.24, 2.45) is 0 Å². The van der Waals surface area contributed by atoms with Gasteiger partial charge < -0.3 is 4.98 Å². The molecule has 2 heterocycles. The molecule has 0 atom stereocenters. The summed E-state index contributed by atoms with van der Waals surface area (Å²) in [6.07, 6.45) is 1.30. The lowest BCUT2D eigenvalue weighted by molar-refractivity contribution is 0.391. The van der Waals surface area contributed by atoms with Gasteiger partial charge in [-0.15, -0.1) is 0 Å². The SMILES string of the molecule is Cc1ccc2c3c([nH]c2c1)CCN(S(=O)(=O)CCc1ccccc1)C3. The summed E-state index contributed by atoms with van der Waals surface area (Å²) < 4.78 is 27.2. The van der Waals surface area contributed by atoms with Crippen LogP contribution in [0.1, 0.15) is 22.4 Å². The molecule has 130 valence electrons. The van der Waals surface area contributed by atoms with E-state index >= 15 is 0 Å². The Balaban J connectivity index is 1.56. The zero-order valence-electron chi connectivity index (χ0n) is 14.3. The minimum Gasteiger partial charge on any atom is -0.358 e. The van der Waals surface area contributed by atoms with Crippen LogP contribution in [0.3, 0.4) is 0 Å². The van der Waals surface area contributed by atoms with Crippen molar-refractivity contribution in [3.8, 4) is 0 Å². The van der Waals surface area contributed by atoms with Crippen molar-refractivity contribution >= 4 is 20.9 Å². The van der Waals surface area contributed by atoms with E-state index in [-0.39, 0.29) is 5.75 Å². The second-order valence-corrected chi connectivity index (χ2v) is 8.85. The molecule has 0 aliphatic carbocycles. The maximum absolute atomic E-state index is 12.8. The summed E-state index contributed by atoms with van der Waals surface area (Å²) >= 11 is 0. The van der Waals surface area contributed by atoms with Gasteiger partial charge in [-0.2, -0.15) is 4.31 Å². The van der Waals surface area contributed by atoms with Gasteiger partial charge in [0, 0.05) is 36.1 Å². The molecule has 1 aromatic heterocycles. The standard InChI is InChI=1S/C20H22N2O2S/c1-15-7-8-17-18-14-22(11-9-19(18)21-20(17)13-15)25(23,24)12-10-16-5-3-2-4-6-16/h2-8,13,21H,9-12,14H2,1H3. The summed E-state index contributed by atoms with van der Waals surface area (Å²) in [5.41, 5.74) is 5.68. The molecular weight excluding hydrogens is 332 g/mol. The highest BCUT2D eigenvalue weighted by molar-refractivity contribution is 7.89. The average Bonchev–Trinajstić information content (AvgIpc) is 2.97. The Morgan fingerprint density at radius 2 is 1.92 bits per heavy atom. The molecule has 4 rings (SSSR count). The lowest BCUT2D eigenvalue weighted by Crippen LogP contribution is -2.37. The quantitative estimate of drug-likeness (QED) is 0.781. The Bertz CT molecular complexity index is 1010. The Morgan fingerprint density at radius 3 is 2.72 bits per heavy atom. The van der Waals surface area contributed by atoms with Gasteiger partial charge in [0.2, 0.25) is 10.0 Å². The van der Waals surface area contributed by atoms with Crippen molar-refractivity contribution in [2.75, 3.05) is 12.3 Å². The molecular formula is C20H22N2O2S. The van der Waals surface area contributed by atoms with Crippen LogP contribution in [0.25, 0.3) is 10.9 Å². The van der Waals surface area contributed by atoms with E-state index in [1.165, 1.54) is 11.3 Å². The monoisotopic (exact) mass is 354 g/mol. The van der Waals surface area contributed by atoms with Crippen molar-refractivity contribution in [3.05, 3.63) is 70.9 Å². The van der Waals surface area contributed by atoms with Crippen LogP contribution >= 0.6 is 0 Å². The van der Waals surface area contributed by atoms with E-state index in [0.29, 0.717) is 19.5 Å². The van der Waals surface area contributed by atoms with Gasteiger partial charge in [-0.05, 0) is 36.1 Å². The summed E-state index contributed by atoms with van der Waals surface area (Å²) in [4.78, 5) is 3.47. The predicted octanol–water partition coefficient (Wildman–Crippen LogP) is 3.41. The Kier molecular flexibility index (Phi) is 4.13. The summed E-state index contributed by atoms with van der Waals surface area (Å²) in [6, 6.07) is 16.1. The normalized spacial score (nSPS) is 15.4. The highest BCUT2D eigenvalue weighted by Crippen LogP contribution is 2.29. The third kappa shape index (κ3) is 3.22. The third-order valence-corrected chi connectivity index (χ3v) is 6.80. The van der Waals surface area contributed by atoms with Crippen molar-refractivity contribution < 1.29 is 8.42 Å². The second-order valence-electron chi connectivity index (χ2n) is 6.77. The fourth-order valence-electron chi connectivity index (χ4n) is 3.57. The molecule has 25 heavy (non-hydrogen) atoms. The first-order valence-electron chi connectivity index (χ1n) is 8.65. The van der Waals surface area contributed by atoms with Crippen molar-refractivity contribution in [2.45, 2.75) is 26.3 Å². The van der Waals surface area contributed by atoms with Crippen LogP contribution in [0.5, 0.6) is 0 Å². The van der Waals surface area contributed by atoms with E-state index in [1.807, 2.05) is 30.3 Å². The molecule has 0 bridgehead atoms. The molecule has 2 aromatic carbocycles. The first kappa shape index (κ1) is 16.4. The molecule has 0 amide bonds. The number of hydrogen-bond donors (Lipinski definition) is 1. The molecule has 0 radical (unpaired) electrons. The van der Waals surface area contributed by atoms with Crippen LogP contribution in [0.15, 0.2) is 48.5 Å². The van der Waals surface area contributed by atoms with Crippen molar-refractivity contribution in [3.63, 3.8) is 0 Å². The van der Waals surface area contributed by atoms with Gasteiger partial charge in [-0.3, -0.25) is 0 Å². The molecule has 1 aliphatic rings. The van der Waals surface area contributed by atoms with Crippen LogP contribution in [0.4, 0.5) is 0 Å². The van der Waals surface area contributed by atoms with Crippen molar-refractivity contribution in [1.82, 2.24) is 9.29 Å². The van der Waals surface area contributed by atoms with Crippen LogP contribution in [0, 0.1) is 6.92 Å². The number of rotatable bonds is 4. The van der Waals surface area contributed by atoms with E-state index in [9.17, 15) is 8.42 Å². The summed E-state index contributed by atoms with van der Waals surface area (Å²) in [5, 5.41) is 1.14. The van der Waals surface area contributed by atoms with Crippen LogP contribution < -0.4 is 0 Å². The van der Waals surface area contributed by atoms with Gasteiger partial charge in [0.05, 0.1) is 5.75 Å². The fraction of sp³-hybridized carbons (Fsp3) is 0.300. The third-order valence-electron chi connectivity index (χ3n) is 4.98. The Morgan fingerprint density at radius 1 is 1.12 bits per heavy atom. The molecule has 4 nitrogen and oxygen atoms in total. The average molecular weight is 354 g/mol. The van der Waals surface area contributed by atoms with Crippen molar-refractivity contribution in [1.29, 1.82) is 0 Å². The minimum absolute atomic E-state index is 0.161. The van der Waals surface area contributed by atoms with Gasteiger partial charge in [-0.1, -0.05) is 42.5 Å². The molecule has 3 aromatic rings. The van der Waals surface area contributed by atoms with Crippen LogP contribution in [-0.2, 0) is 29.4 Å². The van der Waals surface area contributed by atoms with Gasteiger partial charge in [0.1, 0.15) is 0 Å². The van der Waals surface area contributed by atoms with Gasteiger partial charge in [0.15, 0.2) is 0 Å². The van der Waals surface area contributed by atoms with Gasteiger partial charge in [-0.25, -0.2) is 8.42 Å². The first-order chi connectivity index (χ1) is 12.0. The molecule has 1 aliphatic heterocycles. The number of nitrogens with one attached hydrogen (secondary N) is 1. The zero-order valence-corrected chi connectivity index (χ0v) is 15.1. The molecule has 1 N–H and O–H groups in total. The number of aromatic amines is 1. The fourth-order valence-corrected chi connectivity index (χ4v) is 5.02. The lowest BCUT2D eigenvalue weighted by Gasteiger charge is -2.26. The molecule has 5 heteroatoms. The number of hydrogen-bond acceptors (Lipinski definition) is 2. The molecule has 0 fully saturated rings. The number of fused-ring (bicyclic) bond motifs is 3. The Hall–Kier alpha value is -2.11. The second kappa shape index (κ2) is 6.32. The van der Waals surface area contributed by atoms with Crippen LogP contribution in [0.2, 0.25) is 0 Å². The Labute approximate surface area is 148 Å². The number of aryl methyl sites for hydroxylation is 2. The number of aromatic nitrogens is 1. The maximum atomic E-state index is 12.8. The molecule has 0 unspecified atom stereocenters. The predicted molar refractivity (Wildman–Crippen MR) is 101 cm³/mol. The first-order valence-corrected chi connectivity index (χ1v) is 10.3. The smallest absolute Gasteiger partial charge is 0.214 e. The summed E-state index contributed by atoms with van der Waals surface area (Å²) in [5.74, 6) is 0.161. The van der Waals surface area contributed by atoms with E-state index in [0.717, 1.165) is 28.5 Å². The highest BCUT2D eigenvalue weighted by Gasteiger charge is 2.28. The number of sulfonamides is 1. The van der Waals surface area contributed by atoms with Gasteiger partial charge >= 0.3 is 0 Å².